The average molecular weight is 306 g/mol. The lowest BCUT2D eigenvalue weighted by Gasteiger charge is -2.22. The van der Waals surface area contributed by atoms with Gasteiger partial charge >= 0.3 is 5.97 Å². The Labute approximate surface area is 123 Å². The molecule has 6 nitrogen and oxygen atoms in total. The number of allylic oxidation sites excluding steroid dienone is 1. The van der Waals surface area contributed by atoms with Crippen molar-refractivity contribution in [2.75, 3.05) is 11.6 Å². The number of fused-ring (bicyclic) bond motifs is 1. The van der Waals surface area contributed by atoms with E-state index in [2.05, 4.69) is 15.4 Å². The van der Waals surface area contributed by atoms with Gasteiger partial charge in [0, 0.05) is 5.56 Å². The van der Waals surface area contributed by atoms with E-state index in [1.807, 2.05) is 6.26 Å². The maximum absolute atomic E-state index is 14.0. The molecule has 0 fully saturated rings. The predicted octanol–water partition coefficient (Wildman–Crippen LogP) is 2.12. The molecular formula is C13H11FN4O2S. The average Bonchev–Trinajstić information content (AvgIpc) is 2.90. The van der Waals surface area contributed by atoms with Crippen LogP contribution in [0.25, 0.3) is 0 Å². The van der Waals surface area contributed by atoms with E-state index in [0.29, 0.717) is 10.7 Å². The van der Waals surface area contributed by atoms with Crippen LogP contribution >= 0.6 is 11.8 Å². The van der Waals surface area contributed by atoms with Crippen molar-refractivity contribution in [2.45, 2.75) is 11.2 Å². The fourth-order valence-corrected chi connectivity index (χ4v) is 2.47. The van der Waals surface area contributed by atoms with Gasteiger partial charge in [-0.05, 0) is 18.4 Å². The maximum atomic E-state index is 14.0. The Bertz CT molecular complexity index is 744. The standard InChI is InChI=1S/C13H11FN4O2S/c1-21-13-16-12-15-9(11(19)20)6-10(18(12)17-13)7-4-2-3-5-8(7)14/h2-6,10H,1H3,(H,19,20)(H,15,16,17). The lowest BCUT2D eigenvalue weighted by Crippen LogP contribution is -2.24. The number of hydrogen-bond acceptors (Lipinski definition) is 5. The van der Waals surface area contributed by atoms with Crippen molar-refractivity contribution >= 4 is 23.7 Å². The van der Waals surface area contributed by atoms with Crippen LogP contribution in [0.15, 0.2) is 41.2 Å². The number of thioether (sulfide) groups is 1. The summed E-state index contributed by atoms with van der Waals surface area (Å²) in [5.41, 5.74) is 0.298. The van der Waals surface area contributed by atoms with Gasteiger partial charge in [0.1, 0.15) is 17.6 Å². The third-order valence-corrected chi connectivity index (χ3v) is 3.62. The van der Waals surface area contributed by atoms with Crippen LogP contribution in [0.2, 0.25) is 0 Å². The van der Waals surface area contributed by atoms with Gasteiger partial charge in [0.25, 0.3) is 0 Å². The Hall–Kier alpha value is -2.35. The number of anilines is 1. The molecule has 0 spiro atoms. The summed E-state index contributed by atoms with van der Waals surface area (Å²) in [4.78, 5) is 15.4. The van der Waals surface area contributed by atoms with Crippen molar-refractivity contribution in [3.8, 4) is 0 Å². The molecule has 1 aliphatic rings. The fourth-order valence-electron chi connectivity index (χ4n) is 2.12. The third kappa shape index (κ3) is 2.38. The van der Waals surface area contributed by atoms with Gasteiger partial charge in [-0.2, -0.15) is 4.98 Å². The highest BCUT2D eigenvalue weighted by Gasteiger charge is 2.28. The van der Waals surface area contributed by atoms with E-state index < -0.39 is 17.8 Å². The highest BCUT2D eigenvalue weighted by atomic mass is 32.2. The number of aliphatic carboxylic acids is 1. The summed E-state index contributed by atoms with van der Waals surface area (Å²) in [6.45, 7) is 0. The van der Waals surface area contributed by atoms with Crippen LogP contribution in [-0.4, -0.2) is 32.1 Å². The molecule has 2 heterocycles. The minimum absolute atomic E-state index is 0.0455. The number of aromatic nitrogens is 3. The van der Waals surface area contributed by atoms with Crippen LogP contribution in [-0.2, 0) is 4.79 Å². The molecule has 1 aromatic carbocycles. The summed E-state index contributed by atoms with van der Waals surface area (Å²) in [6.07, 6.45) is 3.23. The topological polar surface area (TPSA) is 80.0 Å². The summed E-state index contributed by atoms with van der Waals surface area (Å²) < 4.78 is 15.5. The van der Waals surface area contributed by atoms with Crippen molar-refractivity contribution in [2.24, 2.45) is 0 Å². The molecule has 3 rings (SSSR count). The monoisotopic (exact) mass is 306 g/mol. The predicted molar refractivity (Wildman–Crippen MR) is 75.7 cm³/mol. The minimum Gasteiger partial charge on any atom is -0.477 e. The normalized spacial score (nSPS) is 16.9. The van der Waals surface area contributed by atoms with Crippen molar-refractivity contribution in [3.05, 3.63) is 47.4 Å². The first-order valence-corrected chi connectivity index (χ1v) is 7.29. The van der Waals surface area contributed by atoms with Gasteiger partial charge in [0.2, 0.25) is 11.1 Å². The molecule has 0 radical (unpaired) electrons. The smallest absolute Gasteiger partial charge is 0.352 e. The van der Waals surface area contributed by atoms with Crippen molar-refractivity contribution in [1.29, 1.82) is 0 Å². The van der Waals surface area contributed by atoms with Gasteiger partial charge in [-0.15, -0.1) is 5.10 Å². The first kappa shape index (κ1) is 13.6. The number of carboxylic acids is 1. The van der Waals surface area contributed by atoms with Gasteiger partial charge in [-0.3, -0.25) is 0 Å². The van der Waals surface area contributed by atoms with E-state index in [4.69, 9.17) is 0 Å². The molecule has 0 saturated carbocycles. The number of nitrogens with one attached hydrogen (secondary N) is 1. The number of benzene rings is 1. The summed E-state index contributed by atoms with van der Waals surface area (Å²) in [5, 5.41) is 16.6. The molecule has 108 valence electrons. The Balaban J connectivity index is 2.15. The SMILES string of the molecule is CSc1nc2n(n1)C(c1ccccc1F)C=C(C(=O)O)N2. The number of hydrogen-bond donors (Lipinski definition) is 2. The summed E-state index contributed by atoms with van der Waals surface area (Å²) in [6, 6.07) is 5.56. The molecule has 0 saturated heterocycles. The number of halogens is 1. The highest BCUT2D eigenvalue weighted by molar-refractivity contribution is 7.98. The van der Waals surface area contributed by atoms with Crippen LogP contribution in [0.3, 0.4) is 0 Å². The molecule has 0 amide bonds. The largest absolute Gasteiger partial charge is 0.477 e. The second-order valence-corrected chi connectivity index (χ2v) is 5.12. The molecule has 2 aromatic rings. The van der Waals surface area contributed by atoms with Crippen LogP contribution in [0, 0.1) is 5.82 Å². The van der Waals surface area contributed by atoms with Crippen molar-refractivity contribution < 1.29 is 14.3 Å². The number of carboxylic acid groups (broad SMARTS) is 1. The van der Waals surface area contributed by atoms with Crippen LogP contribution < -0.4 is 5.32 Å². The molecule has 0 bridgehead atoms. The molecule has 21 heavy (non-hydrogen) atoms. The molecule has 1 aromatic heterocycles. The van der Waals surface area contributed by atoms with Crippen LogP contribution in [0.1, 0.15) is 11.6 Å². The van der Waals surface area contributed by atoms with E-state index in [-0.39, 0.29) is 11.6 Å². The quantitative estimate of drug-likeness (QED) is 0.846. The zero-order chi connectivity index (χ0) is 15.0. The van der Waals surface area contributed by atoms with Crippen molar-refractivity contribution in [1.82, 2.24) is 14.8 Å². The van der Waals surface area contributed by atoms with Gasteiger partial charge in [-0.1, -0.05) is 30.0 Å². The van der Waals surface area contributed by atoms with Gasteiger partial charge in [-0.25, -0.2) is 13.9 Å². The molecule has 1 unspecified atom stereocenters. The van der Waals surface area contributed by atoms with E-state index >= 15 is 0 Å². The lowest BCUT2D eigenvalue weighted by molar-refractivity contribution is -0.132. The molecule has 1 atom stereocenters. The summed E-state index contributed by atoms with van der Waals surface area (Å²) in [7, 11) is 0. The van der Waals surface area contributed by atoms with E-state index in [9.17, 15) is 14.3 Å². The third-order valence-electron chi connectivity index (χ3n) is 3.08. The van der Waals surface area contributed by atoms with Crippen LogP contribution in [0.5, 0.6) is 0 Å². The maximum Gasteiger partial charge on any atom is 0.352 e. The van der Waals surface area contributed by atoms with Gasteiger partial charge < -0.3 is 10.4 Å². The van der Waals surface area contributed by atoms with Crippen LogP contribution in [0.4, 0.5) is 10.3 Å². The molecule has 8 heteroatoms. The fraction of sp³-hybridized carbons (Fsp3) is 0.154. The van der Waals surface area contributed by atoms with Crippen molar-refractivity contribution in [3.63, 3.8) is 0 Å². The zero-order valence-electron chi connectivity index (χ0n) is 10.9. The molecule has 0 aliphatic carbocycles. The highest BCUT2D eigenvalue weighted by Crippen LogP contribution is 2.31. The van der Waals surface area contributed by atoms with Gasteiger partial charge in [0.05, 0.1) is 0 Å². The van der Waals surface area contributed by atoms with E-state index in [1.165, 1.54) is 28.6 Å². The Morgan fingerprint density at radius 2 is 2.24 bits per heavy atom. The summed E-state index contributed by atoms with van der Waals surface area (Å²) >= 11 is 1.33. The first-order valence-electron chi connectivity index (χ1n) is 6.07. The number of carbonyl (C=O) groups is 1. The lowest BCUT2D eigenvalue weighted by atomic mass is 10.0. The van der Waals surface area contributed by atoms with Gasteiger partial charge in [0.15, 0.2) is 0 Å². The zero-order valence-corrected chi connectivity index (χ0v) is 11.8. The first-order chi connectivity index (χ1) is 10.1. The summed E-state index contributed by atoms with van der Waals surface area (Å²) in [5.74, 6) is -1.26. The Morgan fingerprint density at radius 1 is 1.48 bits per heavy atom. The van der Waals surface area contributed by atoms with E-state index in [1.54, 1.807) is 18.2 Å². The number of nitrogens with zero attached hydrogens (tertiary/aromatic N) is 3. The van der Waals surface area contributed by atoms with E-state index in [0.717, 1.165) is 0 Å². The molecule has 2 N–H and O–H groups in total. The second-order valence-electron chi connectivity index (χ2n) is 4.34. The Kier molecular flexibility index (Phi) is 3.38. The molecule has 1 aliphatic heterocycles. The molecular weight excluding hydrogens is 295 g/mol. The second kappa shape index (κ2) is 5.21. The number of rotatable bonds is 3. The minimum atomic E-state index is -1.13. The Morgan fingerprint density at radius 3 is 2.90 bits per heavy atom.